The van der Waals surface area contributed by atoms with Gasteiger partial charge in [-0.05, 0) is 0 Å². The van der Waals surface area contributed by atoms with E-state index in [1.165, 1.54) is 0 Å². The number of imide groups is 2. The first kappa shape index (κ1) is 21.3. The summed E-state index contributed by atoms with van der Waals surface area (Å²) in [6.07, 6.45) is -2.81. The fourth-order valence-electron chi connectivity index (χ4n) is 2.06. The van der Waals surface area contributed by atoms with Crippen LogP contribution in [0.5, 0.6) is 0 Å². The standard InChI is InChI=1S/C14H16N2O11S/c17-9-1-2-10(18)15(9)26-13(21)24-5-7-28(23)8-6-25-14(22)27-16-11(19)3-4-12(16)20/h1-8H2. The van der Waals surface area contributed by atoms with E-state index in [0.717, 1.165) is 0 Å². The van der Waals surface area contributed by atoms with E-state index in [0.29, 0.717) is 10.1 Å². The summed E-state index contributed by atoms with van der Waals surface area (Å²) in [6.45, 7) is -0.661. The third-order valence-corrected chi connectivity index (χ3v) is 4.65. The summed E-state index contributed by atoms with van der Waals surface area (Å²) in [4.78, 5) is 76.6. The molecule has 13 nitrogen and oxygen atoms in total. The Morgan fingerprint density at radius 3 is 1.36 bits per heavy atom. The van der Waals surface area contributed by atoms with E-state index in [2.05, 4.69) is 19.1 Å². The summed E-state index contributed by atoms with van der Waals surface area (Å²) in [5, 5.41) is 0.628. The van der Waals surface area contributed by atoms with Gasteiger partial charge in [-0.15, -0.1) is 0 Å². The van der Waals surface area contributed by atoms with Crippen LogP contribution in [0.1, 0.15) is 25.7 Å². The molecular formula is C14H16N2O11S. The van der Waals surface area contributed by atoms with Gasteiger partial charge in [0.1, 0.15) is 13.2 Å². The minimum Gasteiger partial charge on any atom is -0.432 e. The topological polar surface area (TPSA) is 163 Å². The maximum Gasteiger partial charge on any atom is 0.533 e. The molecule has 0 spiro atoms. The fraction of sp³-hybridized carbons (Fsp3) is 0.571. The second kappa shape index (κ2) is 9.77. The zero-order valence-corrected chi connectivity index (χ0v) is 15.3. The molecule has 2 rings (SSSR count). The van der Waals surface area contributed by atoms with Gasteiger partial charge in [0.15, 0.2) is 0 Å². The lowest BCUT2D eigenvalue weighted by Gasteiger charge is -2.13. The molecule has 0 aromatic carbocycles. The van der Waals surface area contributed by atoms with Crippen LogP contribution in [0.15, 0.2) is 0 Å². The van der Waals surface area contributed by atoms with Crippen molar-refractivity contribution in [3.63, 3.8) is 0 Å². The van der Waals surface area contributed by atoms with E-state index in [1.54, 1.807) is 0 Å². The van der Waals surface area contributed by atoms with Crippen LogP contribution in [-0.2, 0) is 49.1 Å². The SMILES string of the molecule is O=C(OCCS(=O)CCOC(=O)ON1C(=O)CCC1=O)ON1C(=O)CCC1=O. The lowest BCUT2D eigenvalue weighted by Crippen LogP contribution is -2.33. The molecule has 0 aromatic heterocycles. The Bertz CT molecular complexity index is 632. The molecule has 14 heteroatoms. The van der Waals surface area contributed by atoms with Crippen LogP contribution in [0.25, 0.3) is 0 Å². The summed E-state index contributed by atoms with van der Waals surface area (Å²) < 4.78 is 20.9. The quantitative estimate of drug-likeness (QED) is 0.355. The predicted molar refractivity (Wildman–Crippen MR) is 84.9 cm³/mol. The molecule has 0 aliphatic carbocycles. The van der Waals surface area contributed by atoms with E-state index in [1.807, 2.05) is 0 Å². The molecule has 2 aliphatic heterocycles. The summed E-state index contributed by atoms with van der Waals surface area (Å²) in [5.74, 6) is -2.89. The van der Waals surface area contributed by atoms with Gasteiger partial charge in [-0.25, -0.2) is 9.59 Å². The zero-order valence-electron chi connectivity index (χ0n) is 14.5. The maximum absolute atomic E-state index is 11.7. The maximum atomic E-state index is 11.7. The number of rotatable bonds is 8. The Morgan fingerprint density at radius 2 is 1.04 bits per heavy atom. The van der Waals surface area contributed by atoms with Crippen molar-refractivity contribution >= 4 is 46.7 Å². The Hall–Kier alpha value is -3.03. The summed E-state index contributed by atoms with van der Waals surface area (Å²) in [7, 11) is -1.55. The first-order valence-corrected chi connectivity index (χ1v) is 9.52. The van der Waals surface area contributed by atoms with Gasteiger partial charge in [-0.1, -0.05) is 10.1 Å². The van der Waals surface area contributed by atoms with Gasteiger partial charge in [0, 0.05) is 36.5 Å². The molecular weight excluding hydrogens is 404 g/mol. The molecule has 0 aromatic rings. The molecule has 0 bridgehead atoms. The van der Waals surface area contributed by atoms with E-state index in [9.17, 15) is 33.0 Å². The smallest absolute Gasteiger partial charge is 0.432 e. The van der Waals surface area contributed by atoms with Crippen molar-refractivity contribution in [1.29, 1.82) is 0 Å². The van der Waals surface area contributed by atoms with Crippen LogP contribution < -0.4 is 0 Å². The van der Waals surface area contributed by atoms with Crippen molar-refractivity contribution < 1.29 is 52.1 Å². The van der Waals surface area contributed by atoms with Gasteiger partial charge in [0.05, 0.1) is 11.5 Å². The molecule has 154 valence electrons. The molecule has 2 saturated heterocycles. The van der Waals surface area contributed by atoms with Crippen LogP contribution in [0.4, 0.5) is 9.59 Å². The Balaban J connectivity index is 1.56. The van der Waals surface area contributed by atoms with Crippen LogP contribution in [0.3, 0.4) is 0 Å². The molecule has 4 amide bonds. The van der Waals surface area contributed by atoms with Crippen LogP contribution in [0.2, 0.25) is 0 Å². The van der Waals surface area contributed by atoms with Crippen LogP contribution >= 0.6 is 0 Å². The fourth-order valence-corrected chi connectivity index (χ4v) is 2.80. The minimum absolute atomic E-state index is 0.0569. The summed E-state index contributed by atoms with van der Waals surface area (Å²) in [6, 6.07) is 0. The Morgan fingerprint density at radius 1 is 0.714 bits per heavy atom. The van der Waals surface area contributed by atoms with Crippen molar-refractivity contribution in [2.45, 2.75) is 25.7 Å². The van der Waals surface area contributed by atoms with Gasteiger partial charge in [0.25, 0.3) is 23.6 Å². The Kier molecular flexibility index (Phi) is 7.43. The number of hydrogen-bond donors (Lipinski definition) is 0. The average molecular weight is 420 g/mol. The van der Waals surface area contributed by atoms with Crippen molar-refractivity contribution in [3.8, 4) is 0 Å². The third kappa shape index (κ3) is 6.00. The second-order valence-corrected chi connectivity index (χ2v) is 7.09. The molecule has 0 saturated carbocycles. The molecule has 2 fully saturated rings. The van der Waals surface area contributed by atoms with Crippen LogP contribution in [-0.4, -0.2) is 75.0 Å². The van der Waals surface area contributed by atoms with Crippen molar-refractivity contribution in [2.24, 2.45) is 0 Å². The van der Waals surface area contributed by atoms with Crippen molar-refractivity contribution in [1.82, 2.24) is 10.1 Å². The normalized spacial score (nSPS) is 16.8. The van der Waals surface area contributed by atoms with Gasteiger partial charge in [0.2, 0.25) is 0 Å². The highest BCUT2D eigenvalue weighted by molar-refractivity contribution is 7.85. The predicted octanol–water partition coefficient (Wildman–Crippen LogP) is -0.831. The lowest BCUT2D eigenvalue weighted by molar-refractivity contribution is -0.177. The van der Waals surface area contributed by atoms with Gasteiger partial charge >= 0.3 is 12.3 Å². The number of carbonyl (C=O) groups excluding carboxylic acids is 6. The number of hydroxylamine groups is 4. The third-order valence-electron chi connectivity index (χ3n) is 3.41. The summed E-state index contributed by atoms with van der Waals surface area (Å²) in [5.41, 5.74) is 0. The molecule has 0 radical (unpaired) electrons. The zero-order chi connectivity index (χ0) is 20.7. The minimum atomic E-state index is -1.55. The second-order valence-electron chi connectivity index (χ2n) is 5.39. The monoisotopic (exact) mass is 420 g/mol. The van der Waals surface area contributed by atoms with Crippen molar-refractivity contribution in [2.75, 3.05) is 24.7 Å². The highest BCUT2D eigenvalue weighted by Crippen LogP contribution is 2.13. The number of carbonyl (C=O) groups is 6. The number of hydrogen-bond acceptors (Lipinski definition) is 11. The van der Waals surface area contributed by atoms with E-state index in [4.69, 9.17) is 0 Å². The lowest BCUT2D eigenvalue weighted by atomic mass is 10.4. The molecule has 0 atom stereocenters. The van der Waals surface area contributed by atoms with E-state index < -0.39 is 46.7 Å². The molecule has 2 aliphatic rings. The highest BCUT2D eigenvalue weighted by Gasteiger charge is 2.34. The van der Waals surface area contributed by atoms with E-state index in [-0.39, 0.29) is 50.4 Å². The summed E-state index contributed by atoms with van der Waals surface area (Å²) >= 11 is 0. The first-order chi connectivity index (χ1) is 13.3. The number of nitrogens with zero attached hydrogens (tertiary/aromatic N) is 2. The first-order valence-electron chi connectivity index (χ1n) is 8.04. The molecule has 0 unspecified atom stereocenters. The number of ether oxygens (including phenoxy) is 2. The number of amides is 4. The Labute approximate surface area is 160 Å². The van der Waals surface area contributed by atoms with Crippen LogP contribution in [0, 0.1) is 0 Å². The van der Waals surface area contributed by atoms with Crippen molar-refractivity contribution in [3.05, 3.63) is 0 Å². The van der Waals surface area contributed by atoms with Gasteiger partial charge in [-0.2, -0.15) is 0 Å². The molecule has 2 heterocycles. The average Bonchev–Trinajstić information content (AvgIpc) is 3.12. The van der Waals surface area contributed by atoms with Gasteiger partial charge in [-0.3, -0.25) is 33.1 Å². The largest absolute Gasteiger partial charge is 0.533 e. The highest BCUT2D eigenvalue weighted by atomic mass is 32.2. The van der Waals surface area contributed by atoms with E-state index >= 15 is 0 Å². The molecule has 28 heavy (non-hydrogen) atoms. The van der Waals surface area contributed by atoms with Gasteiger partial charge < -0.3 is 9.47 Å². The molecule has 0 N–H and O–H groups in total.